The summed E-state index contributed by atoms with van der Waals surface area (Å²) in [5.74, 6) is 0.662. The summed E-state index contributed by atoms with van der Waals surface area (Å²) < 4.78 is 6.07. The molecule has 0 aliphatic rings. The molecule has 0 heterocycles. The maximum Gasteiger partial charge on any atom is 0.224 e. The van der Waals surface area contributed by atoms with Gasteiger partial charge in [-0.1, -0.05) is 51.8 Å². The van der Waals surface area contributed by atoms with E-state index in [4.69, 9.17) is 16.3 Å². The van der Waals surface area contributed by atoms with Gasteiger partial charge >= 0.3 is 0 Å². The van der Waals surface area contributed by atoms with E-state index in [2.05, 4.69) is 21.2 Å². The first-order chi connectivity index (χ1) is 10.6. The van der Waals surface area contributed by atoms with Gasteiger partial charge in [0, 0.05) is 11.0 Å². The van der Waals surface area contributed by atoms with Crippen molar-refractivity contribution in [3.63, 3.8) is 0 Å². The summed E-state index contributed by atoms with van der Waals surface area (Å²) in [5, 5.41) is 3.50. The number of carbonyl (C=O) groups excluding carboxylic acids is 1. The van der Waals surface area contributed by atoms with Crippen LogP contribution in [0.1, 0.15) is 11.1 Å². The lowest BCUT2D eigenvalue weighted by Crippen LogP contribution is -2.27. The van der Waals surface area contributed by atoms with E-state index >= 15 is 0 Å². The molecule has 116 valence electrons. The van der Waals surface area contributed by atoms with E-state index in [1.165, 1.54) is 0 Å². The molecule has 0 unspecified atom stereocenters. The number of benzene rings is 2. The van der Waals surface area contributed by atoms with Crippen molar-refractivity contribution in [3.8, 4) is 5.75 Å². The van der Waals surface area contributed by atoms with Crippen LogP contribution in [0.15, 0.2) is 46.9 Å². The van der Waals surface area contributed by atoms with Crippen LogP contribution >= 0.6 is 27.5 Å². The van der Waals surface area contributed by atoms with E-state index in [1.807, 2.05) is 42.5 Å². The number of nitrogens with one attached hydrogen (secondary N) is 1. The smallest absolute Gasteiger partial charge is 0.224 e. The molecule has 0 bridgehead atoms. The van der Waals surface area contributed by atoms with Crippen molar-refractivity contribution in [2.75, 3.05) is 13.7 Å². The summed E-state index contributed by atoms with van der Waals surface area (Å²) in [5.41, 5.74) is 2.04. The highest BCUT2D eigenvalue weighted by Gasteiger charge is 2.06. The number of halogens is 2. The SMILES string of the molecule is COc1ccc(CCNC(=O)Cc2ccccc2Br)cc1Cl. The van der Waals surface area contributed by atoms with Crippen LogP contribution in [0.5, 0.6) is 5.75 Å². The normalized spacial score (nSPS) is 10.3. The monoisotopic (exact) mass is 381 g/mol. The molecule has 0 radical (unpaired) electrons. The number of ether oxygens (including phenoxy) is 1. The lowest BCUT2D eigenvalue weighted by Gasteiger charge is -2.08. The van der Waals surface area contributed by atoms with E-state index in [-0.39, 0.29) is 5.91 Å². The van der Waals surface area contributed by atoms with Gasteiger partial charge in [0.25, 0.3) is 0 Å². The Morgan fingerprint density at radius 3 is 2.73 bits per heavy atom. The Labute approximate surface area is 143 Å². The summed E-state index contributed by atoms with van der Waals surface area (Å²) in [6, 6.07) is 13.4. The largest absolute Gasteiger partial charge is 0.495 e. The van der Waals surface area contributed by atoms with Gasteiger partial charge in [0.1, 0.15) is 5.75 Å². The zero-order valence-corrected chi connectivity index (χ0v) is 14.6. The first kappa shape index (κ1) is 16.8. The molecule has 2 aromatic rings. The third kappa shape index (κ3) is 4.75. The first-order valence-corrected chi connectivity index (χ1v) is 8.10. The molecule has 0 aromatic heterocycles. The number of hydrogen-bond acceptors (Lipinski definition) is 2. The number of carbonyl (C=O) groups is 1. The molecule has 0 saturated heterocycles. The minimum Gasteiger partial charge on any atom is -0.495 e. The van der Waals surface area contributed by atoms with Gasteiger partial charge in [-0.05, 0) is 35.7 Å². The number of hydrogen-bond donors (Lipinski definition) is 1. The molecule has 2 aromatic carbocycles. The number of rotatable bonds is 6. The predicted molar refractivity (Wildman–Crippen MR) is 92.6 cm³/mol. The second kappa shape index (κ2) is 8.20. The van der Waals surface area contributed by atoms with Crippen molar-refractivity contribution in [3.05, 3.63) is 63.1 Å². The van der Waals surface area contributed by atoms with Crippen LogP contribution in [0.2, 0.25) is 5.02 Å². The average molecular weight is 383 g/mol. The molecule has 0 spiro atoms. The zero-order chi connectivity index (χ0) is 15.9. The van der Waals surface area contributed by atoms with Gasteiger partial charge in [-0.25, -0.2) is 0 Å². The molecule has 0 fully saturated rings. The Morgan fingerprint density at radius 2 is 2.05 bits per heavy atom. The van der Waals surface area contributed by atoms with Crippen LogP contribution in [-0.4, -0.2) is 19.6 Å². The highest BCUT2D eigenvalue weighted by Crippen LogP contribution is 2.24. The van der Waals surface area contributed by atoms with Gasteiger partial charge in [0.15, 0.2) is 0 Å². The Kier molecular flexibility index (Phi) is 6.28. The fraction of sp³-hybridized carbons (Fsp3) is 0.235. The van der Waals surface area contributed by atoms with E-state index in [0.717, 1.165) is 22.0 Å². The summed E-state index contributed by atoms with van der Waals surface area (Å²) in [4.78, 5) is 11.9. The standard InChI is InChI=1S/C17H17BrClNO2/c1-22-16-7-6-12(10-15(16)19)8-9-20-17(21)11-13-4-2-3-5-14(13)18/h2-7,10H,8-9,11H2,1H3,(H,20,21). The summed E-state index contributed by atoms with van der Waals surface area (Å²) in [7, 11) is 1.59. The minimum absolute atomic E-state index is 0.00603. The third-order valence-corrected chi connectivity index (χ3v) is 4.33. The van der Waals surface area contributed by atoms with Gasteiger partial charge in [0.05, 0.1) is 18.6 Å². The number of amides is 1. The highest BCUT2D eigenvalue weighted by atomic mass is 79.9. The van der Waals surface area contributed by atoms with Crippen molar-refractivity contribution in [2.24, 2.45) is 0 Å². The summed E-state index contributed by atoms with van der Waals surface area (Å²) in [6.07, 6.45) is 1.09. The molecule has 0 saturated carbocycles. The molecule has 1 amide bonds. The molecular weight excluding hydrogens is 366 g/mol. The van der Waals surface area contributed by atoms with Gasteiger partial charge < -0.3 is 10.1 Å². The first-order valence-electron chi connectivity index (χ1n) is 6.92. The lowest BCUT2D eigenvalue weighted by atomic mass is 10.1. The molecule has 2 rings (SSSR count). The molecule has 0 atom stereocenters. The topological polar surface area (TPSA) is 38.3 Å². The summed E-state index contributed by atoms with van der Waals surface area (Å²) >= 11 is 9.52. The van der Waals surface area contributed by atoms with E-state index in [0.29, 0.717) is 23.7 Å². The van der Waals surface area contributed by atoms with Crippen molar-refractivity contribution in [2.45, 2.75) is 12.8 Å². The zero-order valence-electron chi connectivity index (χ0n) is 12.2. The van der Waals surface area contributed by atoms with E-state index in [1.54, 1.807) is 7.11 Å². The predicted octanol–water partition coefficient (Wildman–Crippen LogP) is 4.01. The van der Waals surface area contributed by atoms with Gasteiger partial charge in [-0.2, -0.15) is 0 Å². The third-order valence-electron chi connectivity index (χ3n) is 3.26. The Bertz CT molecular complexity index is 661. The van der Waals surface area contributed by atoms with Gasteiger partial charge in [-0.15, -0.1) is 0 Å². The van der Waals surface area contributed by atoms with Crippen LogP contribution < -0.4 is 10.1 Å². The summed E-state index contributed by atoms with van der Waals surface area (Å²) in [6.45, 7) is 0.575. The fourth-order valence-corrected chi connectivity index (χ4v) is 2.79. The van der Waals surface area contributed by atoms with Crippen molar-refractivity contribution in [1.29, 1.82) is 0 Å². The van der Waals surface area contributed by atoms with E-state index < -0.39 is 0 Å². The maximum absolute atomic E-state index is 11.9. The van der Waals surface area contributed by atoms with Crippen LogP contribution in [0.25, 0.3) is 0 Å². The van der Waals surface area contributed by atoms with Crippen molar-refractivity contribution >= 4 is 33.4 Å². The van der Waals surface area contributed by atoms with Gasteiger partial charge in [0.2, 0.25) is 5.91 Å². The van der Waals surface area contributed by atoms with Crippen LogP contribution in [0.3, 0.4) is 0 Å². The second-order valence-electron chi connectivity index (χ2n) is 4.84. The van der Waals surface area contributed by atoms with Crippen LogP contribution in [0, 0.1) is 0 Å². The van der Waals surface area contributed by atoms with Crippen molar-refractivity contribution in [1.82, 2.24) is 5.32 Å². The second-order valence-corrected chi connectivity index (χ2v) is 6.10. The average Bonchev–Trinajstić information content (AvgIpc) is 2.50. The Balaban J connectivity index is 1.82. The molecule has 0 aliphatic heterocycles. The lowest BCUT2D eigenvalue weighted by molar-refractivity contribution is -0.120. The molecule has 5 heteroatoms. The van der Waals surface area contributed by atoms with Crippen LogP contribution in [-0.2, 0) is 17.6 Å². The van der Waals surface area contributed by atoms with Crippen LogP contribution in [0.4, 0.5) is 0 Å². The molecule has 1 N–H and O–H groups in total. The van der Waals surface area contributed by atoms with Gasteiger partial charge in [-0.3, -0.25) is 4.79 Å². The molecule has 3 nitrogen and oxygen atoms in total. The van der Waals surface area contributed by atoms with E-state index in [9.17, 15) is 4.79 Å². The van der Waals surface area contributed by atoms with Crippen molar-refractivity contribution < 1.29 is 9.53 Å². The Hall–Kier alpha value is -1.52. The Morgan fingerprint density at radius 1 is 1.27 bits per heavy atom. The molecule has 0 aliphatic carbocycles. The maximum atomic E-state index is 11.9. The molecular formula is C17H17BrClNO2. The molecule has 22 heavy (non-hydrogen) atoms. The highest BCUT2D eigenvalue weighted by molar-refractivity contribution is 9.10. The minimum atomic E-state index is 0.00603. The fourth-order valence-electron chi connectivity index (χ4n) is 2.09. The number of methoxy groups -OCH3 is 1. The quantitative estimate of drug-likeness (QED) is 0.819.